The maximum Gasteiger partial charge on any atom is 0.330 e. The molecule has 6 rings (SSSR count). The van der Waals surface area contributed by atoms with Gasteiger partial charge in [-0.2, -0.15) is 5.01 Å². The molecule has 0 saturated carbocycles. The predicted molar refractivity (Wildman–Crippen MR) is 425 cm³/mol. The van der Waals surface area contributed by atoms with Crippen molar-refractivity contribution in [3.63, 3.8) is 0 Å². The Morgan fingerprint density at radius 1 is 0.680 bits per heavy atom. The van der Waals surface area contributed by atoms with Crippen LogP contribution in [-0.2, 0) is 164 Å². The van der Waals surface area contributed by atoms with Crippen LogP contribution in [0.3, 0.4) is 0 Å². The van der Waals surface area contributed by atoms with Crippen molar-refractivity contribution in [1.29, 1.82) is 2.86 Å². The third-order valence-electron chi connectivity index (χ3n) is 11.1. The van der Waals surface area contributed by atoms with Crippen molar-refractivity contribution in [1.82, 2.24) is 34.1 Å². The Morgan fingerprint density at radius 2 is 1.06 bits per heavy atom. The van der Waals surface area contributed by atoms with Crippen LogP contribution in [0.5, 0.6) is 0 Å². The summed E-state index contributed by atoms with van der Waals surface area (Å²) in [6, 6.07) is 3.12. The van der Waals surface area contributed by atoms with Crippen molar-refractivity contribution in [2.45, 2.75) is 218 Å². The molecular weight excluding hydrogens is 2080 g/mol. The fourth-order valence-corrected chi connectivity index (χ4v) is 39.5. The molecular formula is C53H91ClF2N7O14PS17U2. The second-order valence-electron chi connectivity index (χ2n) is 21.9. The van der Waals surface area contributed by atoms with E-state index in [1.165, 1.54) is 43.5 Å². The predicted octanol–water partition coefficient (Wildman–Crippen LogP) is 9.91. The number of hydrogen-bond acceptors (Lipinski definition) is 23. The van der Waals surface area contributed by atoms with Gasteiger partial charge in [0.1, 0.15) is 18.8 Å². The van der Waals surface area contributed by atoms with Gasteiger partial charge in [0, 0.05) is 297 Å². The summed E-state index contributed by atoms with van der Waals surface area (Å²) in [5, 5.41) is 28.4. The van der Waals surface area contributed by atoms with Crippen molar-refractivity contribution in [3.8, 4) is 0 Å². The Morgan fingerprint density at radius 3 is 1.40 bits per heavy atom. The van der Waals surface area contributed by atoms with E-state index in [1.54, 1.807) is 142 Å². The molecule has 0 aromatic carbocycles. The smallest absolute Gasteiger partial charge is 0.330 e. The van der Waals surface area contributed by atoms with E-state index in [-0.39, 0.29) is 111 Å². The second-order valence-corrected chi connectivity index (χ2v) is 50.4. The minimum absolute atomic E-state index is 0. The minimum atomic E-state index is -1.83. The van der Waals surface area contributed by atoms with Crippen LogP contribution in [0.25, 0.3) is 0 Å². The SMILES string of the molecule is CC(C)(C)SSCc1cocc1CO.CC(C)N(C(C)C)P(C)Cl.S=S=S=S=S=S=S=S=S=S=S=S=S.[2H]C[C@H]1O[C@@H](n2ccc(=O)[nH]c2=O)C(F)[C@H]1O.[2H]C[C@H]1O[C@@H](n2ccc(=O)[nH]c2=O)C(F)[C@H]1ON(OCc1cocc1CSSC(C)(C)C)N(C(C)C)C(C)C.[3H]OC.[3H]OC.[U].[U]. The van der Waals surface area contributed by atoms with Gasteiger partial charge in [-0.25, -0.2) is 18.4 Å². The monoisotopic (exact) mass is 2180 g/mol. The van der Waals surface area contributed by atoms with Gasteiger partial charge in [-0.3, -0.25) is 43.0 Å². The molecule has 4 aromatic rings. The van der Waals surface area contributed by atoms with Crippen LogP contribution >= 0.6 is 61.8 Å². The van der Waals surface area contributed by atoms with Crippen LogP contribution in [0.15, 0.2) is 77.6 Å². The number of nitrogens with zero attached hydrogens (tertiary/aromatic N) is 5. The summed E-state index contributed by atoms with van der Waals surface area (Å²) >= 11 is 15.4. The number of nitrogens with one attached hydrogen (secondary N) is 2. The van der Waals surface area contributed by atoms with Gasteiger partial charge in [-0.1, -0.05) is 96.0 Å². The summed E-state index contributed by atoms with van der Waals surface area (Å²) in [7, 11) is 27.4. The molecule has 0 bridgehead atoms. The number of furan rings is 2. The topological polar surface area (TPSA) is 264 Å². The van der Waals surface area contributed by atoms with Crippen molar-refractivity contribution >= 4 is 182 Å². The largest absolute Gasteiger partial charge is 0.472 e. The summed E-state index contributed by atoms with van der Waals surface area (Å²) in [5.41, 5.74) is 0.960. The fraction of sp³-hybridized carbons (Fsp3) is 0.698. The molecule has 0 amide bonds. The summed E-state index contributed by atoms with van der Waals surface area (Å²) in [4.78, 5) is 62.3. The number of hydrazine groups is 1. The average Bonchev–Trinajstić information content (AvgIpc) is 1.67. The first-order valence-corrected chi connectivity index (χ1v) is 51.3. The van der Waals surface area contributed by atoms with Gasteiger partial charge >= 0.3 is 11.4 Å². The Hall–Kier alpha value is 2.42. The van der Waals surface area contributed by atoms with E-state index >= 15 is 4.39 Å². The molecule has 0 aliphatic carbocycles. The van der Waals surface area contributed by atoms with E-state index in [9.17, 15) is 28.7 Å². The second kappa shape index (κ2) is 57.5. The van der Waals surface area contributed by atoms with Crippen LogP contribution in [0.4, 0.5) is 8.78 Å². The fourth-order valence-electron chi connectivity index (χ4n) is 7.67. The number of aromatic amines is 2. The molecule has 9 atom stereocenters. The number of alkyl halides is 2. The van der Waals surface area contributed by atoms with Gasteiger partial charge in [0.25, 0.3) is 11.1 Å². The van der Waals surface area contributed by atoms with Gasteiger partial charge in [0.2, 0.25) is 2.86 Å². The van der Waals surface area contributed by atoms with Crippen LogP contribution in [0.1, 0.15) is 148 Å². The first-order valence-electron chi connectivity index (χ1n) is 30.2. The molecule has 3 unspecified atom stereocenters. The van der Waals surface area contributed by atoms with E-state index in [0.29, 0.717) is 12.1 Å². The third kappa shape index (κ3) is 42.1. The molecule has 44 heteroatoms. The van der Waals surface area contributed by atoms with Crippen LogP contribution < -0.4 is 22.5 Å². The van der Waals surface area contributed by atoms with Crippen LogP contribution in [0, 0.1) is 62.2 Å². The number of hydrogen-bond donors (Lipinski definition) is 6. The molecule has 97 heavy (non-hydrogen) atoms. The maximum atomic E-state index is 15.8. The van der Waals surface area contributed by atoms with Crippen molar-refractivity contribution in [2.75, 3.05) is 20.9 Å². The Balaban J connectivity index is -0.00000129. The Labute approximate surface area is 684 Å². The van der Waals surface area contributed by atoms with Gasteiger partial charge in [-0.05, 0) is 75.9 Å². The zero-order chi connectivity index (χ0) is 75.6. The molecule has 2 aliphatic heterocycles. The van der Waals surface area contributed by atoms with Gasteiger partial charge in [-0.15, -0.1) is 0 Å². The summed E-state index contributed by atoms with van der Waals surface area (Å²) in [6.45, 7) is 31.2. The Kier molecular flexibility index (Phi) is 56.6. The first-order chi connectivity index (χ1) is 46.6. The standard InChI is InChI=1S/C25H39FN4O6S2.C10H16O2S2.C9H11FN2O4.C7H17ClNP.2CH4O.S13.2U/c1-15(2)29(16(3)4)30(34-13-18-11-33-12-19(18)14-37-38-25(6,7)8)36-22-17(5)35-23(21(22)26)28-10-9-20(31)27-24(28)32;1-10(2,3)14-13-7-9-6-12-5-8(9)4-11;1-4-7(14)6(10)8(16-4)12-3-2-5(13)11-9(12)15;1-6(2)9(7(3)4)10(5)8;2*1-2;1-3-5-7-9-11-13-12-10-8-6-4-2;;/h9-12,15-17,21-23H,13-14H2,1-8H3,(H,27,31,32);5-6,11H,4,7H2,1-3H3;2-4,6-8,14H,1H3,(H,11,13,15);6-7H,1-5H3;2*2H,1H3;;;/t17-,21?,22+,23-;;4-,6?,7+,8-;;;;;;/m1.1....../s1/i5D;;1D;;2*2T;;;. The zero-order valence-electron chi connectivity index (χ0n) is 60.3. The van der Waals surface area contributed by atoms with E-state index in [4.69, 9.17) is 72.3 Å². The number of ether oxygens (including phenoxy) is 2. The molecule has 4 aromatic heterocycles. The molecule has 2 saturated heterocycles. The summed E-state index contributed by atoms with van der Waals surface area (Å²) in [5.74, 6) is 1.60. The molecule has 0 spiro atoms. The van der Waals surface area contributed by atoms with E-state index in [1.807, 2.05) is 43.5 Å². The molecule has 558 valence electrons. The Bertz CT molecular complexity index is 3640. The zero-order valence-corrected chi connectivity index (χ0v) is 80.2. The summed E-state index contributed by atoms with van der Waals surface area (Å²) in [6.07, 6.45) is -2.12. The quantitative estimate of drug-likeness (QED) is 0.0273. The number of halogens is 3. The van der Waals surface area contributed by atoms with E-state index in [2.05, 4.69) is 95.8 Å². The first kappa shape index (κ1) is 95.5. The summed E-state index contributed by atoms with van der Waals surface area (Å²) < 4.78 is 81.7. The van der Waals surface area contributed by atoms with Gasteiger partial charge in [0.05, 0.1) is 51.3 Å². The van der Waals surface area contributed by atoms with Crippen LogP contribution in [-0.4, -0.2) is 149 Å². The number of rotatable bonds is 20. The number of H-pyrrole nitrogens is 2. The molecule has 6 heterocycles. The number of aliphatic hydroxyl groups excluding tert-OH is 4. The third-order valence-corrected chi connectivity index (χ3v) is 42.0. The van der Waals surface area contributed by atoms with Gasteiger partial charge in [0.15, 0.2) is 24.8 Å². The van der Waals surface area contributed by atoms with Crippen molar-refractivity contribution in [3.05, 3.63) is 114 Å². The average molecular weight is 2180 g/mol. The van der Waals surface area contributed by atoms with Crippen LogP contribution in [0.2, 0.25) is 0 Å². The normalized spacial score (nSPS) is 19.4. The number of aliphatic hydroxyl groups is 4. The molecule has 6 N–H and O–H groups in total. The van der Waals surface area contributed by atoms with Crippen molar-refractivity contribution < 1.29 is 122 Å². The number of aromatic nitrogens is 4. The van der Waals surface area contributed by atoms with Crippen molar-refractivity contribution in [2.24, 2.45) is 0 Å². The molecule has 0 radical (unpaired) electrons. The minimum Gasteiger partial charge on any atom is -0.472 e. The molecule has 2 aliphatic rings. The van der Waals surface area contributed by atoms with E-state index in [0.717, 1.165) is 61.2 Å². The van der Waals surface area contributed by atoms with Gasteiger partial charge < -0.3 is 38.7 Å². The van der Waals surface area contributed by atoms with E-state index < -0.39 is 79.1 Å². The molecule has 21 nitrogen and oxygen atoms in total. The molecule has 2 fully saturated rings. The maximum absolute atomic E-state index is 15.8.